The first-order valence-electron chi connectivity index (χ1n) is 6.11. The number of carbonyl (C=O) groups is 1. The summed E-state index contributed by atoms with van der Waals surface area (Å²) in [6.45, 7) is 8.34. The van der Waals surface area contributed by atoms with Crippen molar-refractivity contribution in [3.05, 3.63) is 28.8 Å². The van der Waals surface area contributed by atoms with Crippen LogP contribution in [0.2, 0.25) is 0 Å². The number of anilines is 1. The molecule has 0 unspecified atom stereocenters. The Kier molecular flexibility index (Phi) is 6.31. The number of ether oxygens (including phenoxy) is 1. The predicted molar refractivity (Wildman–Crippen MR) is 86.0 cm³/mol. The smallest absolute Gasteiger partial charge is 0.316 e. The zero-order chi connectivity index (χ0) is 14.4. The van der Waals surface area contributed by atoms with Crippen molar-refractivity contribution < 1.29 is 9.53 Å². The number of thiocarbonyl (C=S) groups is 1. The summed E-state index contributed by atoms with van der Waals surface area (Å²) in [4.78, 5) is 11.2. The highest BCUT2D eigenvalue weighted by atomic mass is 32.2. The number of nitrogens with one attached hydrogen (secondary N) is 1. The molecule has 1 rings (SSSR count). The SMILES string of the molecule is CCOC(=O)CSC(=S)Nc1c(C)cc(C)cc1C. The highest BCUT2D eigenvalue weighted by molar-refractivity contribution is 8.23. The molecule has 0 aliphatic heterocycles. The third-order valence-electron chi connectivity index (χ3n) is 2.53. The van der Waals surface area contributed by atoms with Crippen LogP contribution in [0, 0.1) is 20.8 Å². The molecule has 0 aliphatic carbocycles. The predicted octanol–water partition coefficient (Wildman–Crippen LogP) is 3.60. The van der Waals surface area contributed by atoms with E-state index in [1.54, 1.807) is 6.92 Å². The lowest BCUT2D eigenvalue weighted by molar-refractivity contribution is -0.139. The van der Waals surface area contributed by atoms with E-state index in [0.29, 0.717) is 10.9 Å². The molecule has 3 nitrogen and oxygen atoms in total. The largest absolute Gasteiger partial charge is 0.465 e. The first-order valence-corrected chi connectivity index (χ1v) is 7.50. The van der Waals surface area contributed by atoms with Crippen molar-refractivity contribution in [2.75, 3.05) is 17.7 Å². The Bertz CT molecular complexity index is 463. The Balaban J connectivity index is 2.60. The number of aryl methyl sites for hydroxylation is 3. The number of hydrogen-bond acceptors (Lipinski definition) is 4. The van der Waals surface area contributed by atoms with Crippen LogP contribution < -0.4 is 5.32 Å². The monoisotopic (exact) mass is 297 g/mol. The number of benzene rings is 1. The van der Waals surface area contributed by atoms with Gasteiger partial charge in [0.25, 0.3) is 0 Å². The zero-order valence-corrected chi connectivity index (χ0v) is 13.3. The van der Waals surface area contributed by atoms with Crippen molar-refractivity contribution in [3.63, 3.8) is 0 Å². The normalized spacial score (nSPS) is 10.1. The van der Waals surface area contributed by atoms with Crippen LogP contribution in [0.1, 0.15) is 23.6 Å². The number of thioether (sulfide) groups is 1. The Morgan fingerprint density at radius 2 is 1.89 bits per heavy atom. The van der Waals surface area contributed by atoms with Crippen LogP contribution in [0.4, 0.5) is 5.69 Å². The summed E-state index contributed by atoms with van der Waals surface area (Å²) in [5.74, 6) is -0.00195. The number of rotatable bonds is 4. The third kappa shape index (κ3) is 5.20. The van der Waals surface area contributed by atoms with E-state index in [0.717, 1.165) is 16.8 Å². The van der Waals surface area contributed by atoms with Crippen LogP contribution in [-0.2, 0) is 9.53 Å². The van der Waals surface area contributed by atoms with Crippen molar-refractivity contribution in [1.82, 2.24) is 0 Å². The number of carbonyl (C=O) groups excluding carboxylic acids is 1. The molecule has 1 aromatic rings. The van der Waals surface area contributed by atoms with Gasteiger partial charge in [-0.15, -0.1) is 0 Å². The molecule has 0 aliphatic rings. The van der Waals surface area contributed by atoms with E-state index < -0.39 is 0 Å². The molecule has 1 N–H and O–H groups in total. The van der Waals surface area contributed by atoms with Gasteiger partial charge in [-0.3, -0.25) is 4.79 Å². The maximum absolute atomic E-state index is 11.2. The van der Waals surface area contributed by atoms with E-state index in [9.17, 15) is 4.79 Å². The lowest BCUT2D eigenvalue weighted by Crippen LogP contribution is -2.13. The second-order valence-electron chi connectivity index (χ2n) is 4.28. The second-order valence-corrected chi connectivity index (χ2v) is 5.93. The fourth-order valence-corrected chi connectivity index (χ4v) is 2.63. The molecule has 1 aromatic carbocycles. The summed E-state index contributed by atoms with van der Waals surface area (Å²) in [5.41, 5.74) is 4.55. The first-order chi connectivity index (χ1) is 8.93. The molecule has 0 atom stereocenters. The van der Waals surface area contributed by atoms with Gasteiger partial charge in [0, 0.05) is 5.69 Å². The average Bonchev–Trinajstić information content (AvgIpc) is 2.31. The minimum Gasteiger partial charge on any atom is -0.465 e. The van der Waals surface area contributed by atoms with E-state index in [2.05, 4.69) is 24.4 Å². The molecule has 19 heavy (non-hydrogen) atoms. The van der Waals surface area contributed by atoms with Gasteiger partial charge < -0.3 is 10.1 Å². The van der Waals surface area contributed by atoms with E-state index in [1.807, 2.05) is 13.8 Å². The van der Waals surface area contributed by atoms with Gasteiger partial charge in [-0.25, -0.2) is 0 Å². The van der Waals surface area contributed by atoms with Gasteiger partial charge >= 0.3 is 5.97 Å². The molecule has 104 valence electrons. The van der Waals surface area contributed by atoms with Crippen molar-refractivity contribution in [3.8, 4) is 0 Å². The zero-order valence-electron chi connectivity index (χ0n) is 11.7. The Morgan fingerprint density at radius 1 is 1.32 bits per heavy atom. The number of hydrogen-bond donors (Lipinski definition) is 1. The summed E-state index contributed by atoms with van der Waals surface area (Å²) in [6, 6.07) is 4.21. The molecule has 0 spiro atoms. The van der Waals surface area contributed by atoms with Gasteiger partial charge in [-0.1, -0.05) is 41.7 Å². The van der Waals surface area contributed by atoms with Crippen LogP contribution in [0.5, 0.6) is 0 Å². The van der Waals surface area contributed by atoms with Crippen LogP contribution in [-0.4, -0.2) is 22.6 Å². The van der Waals surface area contributed by atoms with E-state index in [1.165, 1.54) is 17.3 Å². The molecule has 0 amide bonds. The fourth-order valence-electron chi connectivity index (χ4n) is 1.84. The van der Waals surface area contributed by atoms with Gasteiger partial charge in [-0.2, -0.15) is 0 Å². The Morgan fingerprint density at radius 3 is 2.42 bits per heavy atom. The van der Waals surface area contributed by atoms with Crippen LogP contribution in [0.3, 0.4) is 0 Å². The molecule has 0 aromatic heterocycles. The molecule has 0 radical (unpaired) electrons. The summed E-state index contributed by atoms with van der Waals surface area (Å²) in [6.07, 6.45) is 0. The topological polar surface area (TPSA) is 38.3 Å². The molecule has 0 saturated heterocycles. The van der Waals surface area contributed by atoms with Gasteiger partial charge in [0.05, 0.1) is 12.4 Å². The third-order valence-corrected chi connectivity index (χ3v) is 3.73. The van der Waals surface area contributed by atoms with Gasteiger partial charge in [-0.05, 0) is 38.8 Å². The molecular formula is C14H19NO2S2. The van der Waals surface area contributed by atoms with Crippen molar-refractivity contribution in [1.29, 1.82) is 0 Å². The van der Waals surface area contributed by atoms with Gasteiger partial charge in [0.15, 0.2) is 0 Å². The fraction of sp³-hybridized carbons (Fsp3) is 0.429. The summed E-state index contributed by atoms with van der Waals surface area (Å²) in [7, 11) is 0. The van der Waals surface area contributed by atoms with Gasteiger partial charge in [0.2, 0.25) is 0 Å². The van der Waals surface area contributed by atoms with Crippen LogP contribution in [0.25, 0.3) is 0 Å². The summed E-state index contributed by atoms with van der Waals surface area (Å²) < 4.78 is 5.44. The molecular weight excluding hydrogens is 278 g/mol. The molecule has 5 heteroatoms. The maximum atomic E-state index is 11.2. The lowest BCUT2D eigenvalue weighted by Gasteiger charge is -2.14. The number of esters is 1. The molecule has 0 fully saturated rings. The maximum Gasteiger partial charge on any atom is 0.316 e. The lowest BCUT2D eigenvalue weighted by atomic mass is 10.1. The van der Waals surface area contributed by atoms with E-state index in [-0.39, 0.29) is 11.7 Å². The Labute approximate surface area is 124 Å². The highest BCUT2D eigenvalue weighted by Gasteiger charge is 2.08. The second kappa shape index (κ2) is 7.50. The van der Waals surface area contributed by atoms with Crippen molar-refractivity contribution in [2.24, 2.45) is 0 Å². The summed E-state index contributed by atoms with van der Waals surface area (Å²) >= 11 is 6.52. The van der Waals surface area contributed by atoms with Crippen LogP contribution >= 0.6 is 24.0 Å². The summed E-state index contributed by atoms with van der Waals surface area (Å²) in [5, 5.41) is 3.19. The average molecular weight is 297 g/mol. The van der Waals surface area contributed by atoms with E-state index in [4.69, 9.17) is 17.0 Å². The first kappa shape index (κ1) is 16.0. The van der Waals surface area contributed by atoms with Crippen LogP contribution in [0.15, 0.2) is 12.1 Å². The minimum absolute atomic E-state index is 0.240. The van der Waals surface area contributed by atoms with Crippen molar-refractivity contribution in [2.45, 2.75) is 27.7 Å². The molecule has 0 bridgehead atoms. The van der Waals surface area contributed by atoms with Crippen molar-refractivity contribution >= 4 is 40.0 Å². The molecule has 0 saturated carbocycles. The van der Waals surface area contributed by atoms with E-state index >= 15 is 0 Å². The minimum atomic E-state index is -0.242. The standard InChI is InChI=1S/C14H19NO2S2/c1-5-17-12(16)8-19-14(18)15-13-10(3)6-9(2)7-11(13)4/h6-7H,5,8H2,1-4H3,(H,15,18). The molecule has 0 heterocycles. The van der Waals surface area contributed by atoms with Gasteiger partial charge in [0.1, 0.15) is 4.32 Å². The quantitative estimate of drug-likeness (QED) is 0.679. The Hall–Kier alpha value is -1.07. The highest BCUT2D eigenvalue weighted by Crippen LogP contribution is 2.23.